The van der Waals surface area contributed by atoms with Crippen LogP contribution in [0, 0.1) is 0 Å². The van der Waals surface area contributed by atoms with Gasteiger partial charge in [-0.05, 0) is 6.42 Å². The summed E-state index contributed by atoms with van der Waals surface area (Å²) in [5.41, 5.74) is 3.61. The molecule has 0 radical (unpaired) electrons. The highest BCUT2D eigenvalue weighted by Crippen LogP contribution is 2.21. The van der Waals surface area contributed by atoms with Crippen molar-refractivity contribution >= 4 is 30.3 Å². The summed E-state index contributed by atoms with van der Waals surface area (Å²) in [7, 11) is -1.40. The van der Waals surface area contributed by atoms with E-state index in [4.69, 9.17) is 4.98 Å². The van der Waals surface area contributed by atoms with Gasteiger partial charge in [0.25, 0.3) is 5.91 Å². The molecule has 0 fully saturated rings. The van der Waals surface area contributed by atoms with Gasteiger partial charge >= 0.3 is 0 Å². The highest BCUT2D eigenvalue weighted by Gasteiger charge is 2.18. The summed E-state index contributed by atoms with van der Waals surface area (Å²) >= 11 is 0. The average Bonchev–Trinajstić information content (AvgIpc) is 3.02. The van der Waals surface area contributed by atoms with Gasteiger partial charge in [0.15, 0.2) is 5.65 Å². The van der Waals surface area contributed by atoms with Gasteiger partial charge in [-0.2, -0.15) is 0 Å². The van der Waals surface area contributed by atoms with Crippen molar-refractivity contribution in [1.82, 2.24) is 20.3 Å². The molecular formula is C19H24N4OSi. The molecule has 0 bridgehead atoms. The number of fused-ring (bicyclic) bond motifs is 1. The summed E-state index contributed by atoms with van der Waals surface area (Å²) in [5, 5.41) is 4.27. The number of nitrogens with zero attached hydrogens (tertiary/aromatic N) is 2. The zero-order valence-electron chi connectivity index (χ0n) is 15.2. The minimum atomic E-state index is -1.40. The molecule has 0 saturated heterocycles. The number of nitrogens with one attached hydrogen (secondary N) is 2. The Kier molecular flexibility index (Phi) is 4.72. The van der Waals surface area contributed by atoms with Crippen LogP contribution in [0.3, 0.4) is 0 Å². The van der Waals surface area contributed by atoms with Crippen LogP contribution >= 0.6 is 0 Å². The molecule has 5 nitrogen and oxygen atoms in total. The van der Waals surface area contributed by atoms with Crippen molar-refractivity contribution in [3.63, 3.8) is 0 Å². The number of H-pyrrole nitrogens is 1. The molecule has 1 amide bonds. The lowest BCUT2D eigenvalue weighted by molar-refractivity contribution is 0.0955. The first-order valence-corrected chi connectivity index (χ1v) is 12.1. The summed E-state index contributed by atoms with van der Waals surface area (Å²) in [6.45, 7) is 9.64. The summed E-state index contributed by atoms with van der Waals surface area (Å²) in [4.78, 5) is 24.5. The van der Waals surface area contributed by atoms with E-state index in [2.05, 4.69) is 53.1 Å². The lowest BCUT2D eigenvalue weighted by Crippen LogP contribution is -2.37. The standard InChI is InChI=1S/C19H24N4OSi/c1-5-9-20-19(24)15-11-21-18-17(15)23-16(12-22-18)13-7-6-8-14(10-13)25(2,3)4/h6-8,10-12H,5,9H2,1-4H3,(H,20,24)(H,21,22). The lowest BCUT2D eigenvalue weighted by Gasteiger charge is -2.17. The molecule has 0 saturated carbocycles. The molecule has 2 aromatic heterocycles. The fourth-order valence-corrected chi connectivity index (χ4v) is 3.87. The van der Waals surface area contributed by atoms with Gasteiger partial charge in [0.05, 0.1) is 25.5 Å². The highest BCUT2D eigenvalue weighted by molar-refractivity contribution is 6.88. The Bertz CT molecular complexity index is 911. The largest absolute Gasteiger partial charge is 0.352 e. The third kappa shape index (κ3) is 3.63. The second-order valence-corrected chi connectivity index (χ2v) is 12.3. The van der Waals surface area contributed by atoms with Crippen molar-refractivity contribution in [3.05, 3.63) is 42.2 Å². The van der Waals surface area contributed by atoms with Crippen LogP contribution in [-0.2, 0) is 0 Å². The molecule has 0 atom stereocenters. The van der Waals surface area contributed by atoms with Crippen LogP contribution in [0.25, 0.3) is 22.4 Å². The predicted octanol–water partition coefficient (Wildman–Crippen LogP) is 3.31. The molecule has 2 heterocycles. The number of benzene rings is 1. The summed E-state index contributed by atoms with van der Waals surface area (Å²) in [5.74, 6) is -0.115. The van der Waals surface area contributed by atoms with E-state index in [1.807, 2.05) is 13.0 Å². The van der Waals surface area contributed by atoms with Gasteiger partial charge in [-0.3, -0.25) is 4.79 Å². The van der Waals surface area contributed by atoms with Crippen molar-refractivity contribution in [2.24, 2.45) is 0 Å². The number of carbonyl (C=O) groups excluding carboxylic acids is 1. The maximum atomic E-state index is 12.3. The second-order valence-electron chi connectivity index (χ2n) is 7.24. The van der Waals surface area contributed by atoms with E-state index >= 15 is 0 Å². The van der Waals surface area contributed by atoms with E-state index < -0.39 is 8.07 Å². The molecule has 0 aliphatic carbocycles. The molecule has 0 unspecified atom stereocenters. The normalized spacial score (nSPS) is 11.7. The van der Waals surface area contributed by atoms with Crippen molar-refractivity contribution in [1.29, 1.82) is 0 Å². The molecule has 2 N–H and O–H groups in total. The first kappa shape index (κ1) is 17.4. The maximum Gasteiger partial charge on any atom is 0.255 e. The Labute approximate surface area is 148 Å². The van der Waals surface area contributed by atoms with Crippen LogP contribution < -0.4 is 10.5 Å². The number of aromatic nitrogens is 3. The van der Waals surface area contributed by atoms with Gasteiger partial charge in [0.1, 0.15) is 5.52 Å². The number of hydrogen-bond acceptors (Lipinski definition) is 3. The van der Waals surface area contributed by atoms with Gasteiger partial charge < -0.3 is 10.3 Å². The van der Waals surface area contributed by atoms with Crippen LogP contribution in [0.15, 0.2) is 36.7 Å². The lowest BCUT2D eigenvalue weighted by atomic mass is 10.1. The first-order chi connectivity index (χ1) is 11.9. The average molecular weight is 353 g/mol. The van der Waals surface area contributed by atoms with E-state index in [0.29, 0.717) is 23.3 Å². The number of carbonyl (C=O) groups is 1. The molecular weight excluding hydrogens is 328 g/mol. The molecule has 0 aliphatic rings. The minimum absolute atomic E-state index is 0.115. The third-order valence-corrected chi connectivity index (χ3v) is 6.23. The zero-order valence-corrected chi connectivity index (χ0v) is 16.2. The Balaban J connectivity index is 2.02. The molecule has 0 spiro atoms. The van der Waals surface area contributed by atoms with E-state index in [1.165, 1.54) is 5.19 Å². The van der Waals surface area contributed by atoms with Gasteiger partial charge in [-0.25, -0.2) is 9.97 Å². The smallest absolute Gasteiger partial charge is 0.255 e. The molecule has 25 heavy (non-hydrogen) atoms. The van der Waals surface area contributed by atoms with Crippen LogP contribution in [0.5, 0.6) is 0 Å². The zero-order chi connectivity index (χ0) is 18.0. The van der Waals surface area contributed by atoms with Crippen LogP contribution in [-0.4, -0.2) is 35.5 Å². The van der Waals surface area contributed by atoms with Crippen molar-refractivity contribution in [3.8, 4) is 11.3 Å². The minimum Gasteiger partial charge on any atom is -0.352 e. The SMILES string of the molecule is CCCNC(=O)c1c[nH]c2ncc(-c3cccc([Si](C)(C)C)c3)nc12. The second kappa shape index (κ2) is 6.80. The Morgan fingerprint density at radius 2 is 2.08 bits per heavy atom. The topological polar surface area (TPSA) is 70.7 Å². The molecule has 6 heteroatoms. The predicted molar refractivity (Wildman–Crippen MR) is 105 cm³/mol. The quantitative estimate of drug-likeness (QED) is 0.692. The highest BCUT2D eigenvalue weighted by atomic mass is 28.3. The molecule has 130 valence electrons. The van der Waals surface area contributed by atoms with E-state index in [1.54, 1.807) is 12.4 Å². The fourth-order valence-electron chi connectivity index (χ4n) is 2.68. The third-order valence-electron chi connectivity index (χ3n) is 4.19. The van der Waals surface area contributed by atoms with Crippen molar-refractivity contribution in [2.45, 2.75) is 33.0 Å². The monoisotopic (exact) mass is 352 g/mol. The van der Waals surface area contributed by atoms with Crippen molar-refractivity contribution in [2.75, 3.05) is 6.54 Å². The number of amides is 1. The first-order valence-electron chi connectivity index (χ1n) is 8.63. The number of rotatable bonds is 5. The Morgan fingerprint density at radius 1 is 1.28 bits per heavy atom. The summed E-state index contributed by atoms with van der Waals surface area (Å²) in [6, 6.07) is 8.50. The van der Waals surface area contributed by atoms with Crippen LogP contribution in [0.2, 0.25) is 19.6 Å². The number of hydrogen-bond donors (Lipinski definition) is 2. The van der Waals surface area contributed by atoms with Gasteiger partial charge in [0, 0.05) is 18.3 Å². The van der Waals surface area contributed by atoms with Crippen LogP contribution in [0.1, 0.15) is 23.7 Å². The van der Waals surface area contributed by atoms with E-state index in [-0.39, 0.29) is 5.91 Å². The van der Waals surface area contributed by atoms with Gasteiger partial charge in [0.2, 0.25) is 0 Å². The van der Waals surface area contributed by atoms with Gasteiger partial charge in [-0.15, -0.1) is 0 Å². The molecule has 3 aromatic rings. The molecule has 3 rings (SSSR count). The van der Waals surface area contributed by atoms with Crippen molar-refractivity contribution < 1.29 is 4.79 Å². The molecule has 1 aromatic carbocycles. The van der Waals surface area contributed by atoms with E-state index in [9.17, 15) is 4.79 Å². The number of aromatic amines is 1. The summed E-state index contributed by atoms with van der Waals surface area (Å²) < 4.78 is 0. The van der Waals surface area contributed by atoms with Gasteiger partial charge in [-0.1, -0.05) is 56.0 Å². The Morgan fingerprint density at radius 3 is 2.80 bits per heavy atom. The fraction of sp³-hybridized carbons (Fsp3) is 0.316. The van der Waals surface area contributed by atoms with Crippen LogP contribution in [0.4, 0.5) is 0 Å². The maximum absolute atomic E-state index is 12.3. The molecule has 0 aliphatic heterocycles. The van der Waals surface area contributed by atoms with E-state index in [0.717, 1.165) is 17.7 Å². The summed E-state index contributed by atoms with van der Waals surface area (Å²) in [6.07, 6.45) is 4.34. The Hall–Kier alpha value is -2.47.